The lowest BCUT2D eigenvalue weighted by Gasteiger charge is -2.36. The van der Waals surface area contributed by atoms with Crippen LogP contribution in [0, 0.1) is 0 Å². The molecule has 2 heterocycles. The van der Waals surface area contributed by atoms with E-state index in [0.29, 0.717) is 16.5 Å². The van der Waals surface area contributed by atoms with Crippen molar-refractivity contribution >= 4 is 34.8 Å². The molecule has 6 nitrogen and oxygen atoms in total. The second-order valence-corrected chi connectivity index (χ2v) is 6.54. The molecule has 0 saturated carbocycles. The van der Waals surface area contributed by atoms with Crippen molar-refractivity contribution in [1.29, 1.82) is 0 Å². The molecule has 1 aromatic carbocycles. The predicted octanol–water partition coefficient (Wildman–Crippen LogP) is 2.71. The first-order chi connectivity index (χ1) is 11.6. The van der Waals surface area contributed by atoms with Crippen LogP contribution in [-0.2, 0) is 11.3 Å². The Morgan fingerprint density at radius 1 is 1.12 bits per heavy atom. The lowest BCUT2D eigenvalue weighted by molar-refractivity contribution is -0.131. The molecular formula is C16H19Cl2N5O. The van der Waals surface area contributed by atoms with Gasteiger partial charge in [0.15, 0.2) is 0 Å². The molecule has 1 aliphatic heterocycles. The molecule has 3 rings (SSSR count). The first-order valence-corrected chi connectivity index (χ1v) is 8.69. The summed E-state index contributed by atoms with van der Waals surface area (Å²) in [6, 6.07) is 5.64. The monoisotopic (exact) mass is 367 g/mol. The van der Waals surface area contributed by atoms with Gasteiger partial charge in [0.2, 0.25) is 5.91 Å². The van der Waals surface area contributed by atoms with Gasteiger partial charge in [0.1, 0.15) is 12.7 Å². The molecule has 0 spiro atoms. The third kappa shape index (κ3) is 4.19. The van der Waals surface area contributed by atoms with Gasteiger partial charge in [-0.1, -0.05) is 23.2 Å². The Balaban J connectivity index is 1.45. The molecule has 1 aliphatic rings. The zero-order valence-corrected chi connectivity index (χ0v) is 14.7. The second-order valence-electron chi connectivity index (χ2n) is 5.73. The maximum Gasteiger partial charge on any atom is 0.222 e. The minimum absolute atomic E-state index is 0.198. The summed E-state index contributed by atoms with van der Waals surface area (Å²) in [6.45, 7) is 3.76. The molecule has 0 N–H and O–H groups in total. The number of nitrogens with zero attached hydrogens (tertiary/aromatic N) is 5. The van der Waals surface area contributed by atoms with Crippen molar-refractivity contribution in [2.24, 2.45) is 0 Å². The number of piperazine rings is 1. The van der Waals surface area contributed by atoms with Crippen molar-refractivity contribution in [3.05, 3.63) is 40.9 Å². The molecule has 24 heavy (non-hydrogen) atoms. The molecule has 8 heteroatoms. The maximum atomic E-state index is 12.3. The maximum absolute atomic E-state index is 12.3. The summed E-state index contributed by atoms with van der Waals surface area (Å²) in [7, 11) is 0. The number of halogens is 2. The molecule has 0 bridgehead atoms. The number of amides is 1. The van der Waals surface area contributed by atoms with Crippen LogP contribution in [0.3, 0.4) is 0 Å². The average molecular weight is 368 g/mol. The summed E-state index contributed by atoms with van der Waals surface area (Å²) in [6.07, 6.45) is 4.48. The number of anilines is 1. The van der Waals surface area contributed by atoms with Gasteiger partial charge < -0.3 is 9.80 Å². The van der Waals surface area contributed by atoms with Crippen molar-refractivity contribution in [2.45, 2.75) is 19.4 Å². The Morgan fingerprint density at radius 2 is 1.92 bits per heavy atom. The summed E-state index contributed by atoms with van der Waals surface area (Å²) in [5, 5.41) is 5.15. The number of carbonyl (C=O) groups is 1. The van der Waals surface area contributed by atoms with E-state index in [0.717, 1.165) is 44.8 Å². The molecule has 0 atom stereocenters. The van der Waals surface area contributed by atoms with E-state index < -0.39 is 0 Å². The van der Waals surface area contributed by atoms with Gasteiger partial charge in [-0.05, 0) is 24.6 Å². The first kappa shape index (κ1) is 17.0. The Hall–Kier alpha value is -1.79. The summed E-state index contributed by atoms with van der Waals surface area (Å²) < 4.78 is 1.75. The number of hydrogen-bond donors (Lipinski definition) is 0. The predicted molar refractivity (Wildman–Crippen MR) is 94.5 cm³/mol. The van der Waals surface area contributed by atoms with Gasteiger partial charge in [-0.2, -0.15) is 5.10 Å². The molecule has 1 saturated heterocycles. The number of carbonyl (C=O) groups excluding carboxylic acids is 1. The summed E-state index contributed by atoms with van der Waals surface area (Å²) in [4.78, 5) is 20.3. The van der Waals surface area contributed by atoms with E-state index in [9.17, 15) is 4.79 Å². The van der Waals surface area contributed by atoms with Crippen molar-refractivity contribution in [3.63, 3.8) is 0 Å². The molecule has 0 aliphatic carbocycles. The Labute approximate surface area is 151 Å². The molecule has 1 amide bonds. The van der Waals surface area contributed by atoms with E-state index in [-0.39, 0.29) is 5.91 Å². The van der Waals surface area contributed by atoms with Crippen LogP contribution in [0.2, 0.25) is 10.0 Å². The topological polar surface area (TPSA) is 54.3 Å². The fourth-order valence-electron chi connectivity index (χ4n) is 2.79. The van der Waals surface area contributed by atoms with Gasteiger partial charge in [-0.25, -0.2) is 4.98 Å². The van der Waals surface area contributed by atoms with E-state index in [2.05, 4.69) is 15.0 Å². The number of rotatable bonds is 5. The summed E-state index contributed by atoms with van der Waals surface area (Å²) in [5.74, 6) is 0.198. The van der Waals surface area contributed by atoms with Crippen molar-refractivity contribution in [1.82, 2.24) is 19.7 Å². The van der Waals surface area contributed by atoms with Gasteiger partial charge in [-0.15, -0.1) is 0 Å². The number of aryl methyl sites for hydroxylation is 1. The van der Waals surface area contributed by atoms with E-state index in [1.54, 1.807) is 17.1 Å². The fraction of sp³-hybridized carbons (Fsp3) is 0.438. The van der Waals surface area contributed by atoms with Crippen molar-refractivity contribution in [2.75, 3.05) is 31.1 Å². The zero-order chi connectivity index (χ0) is 16.9. The van der Waals surface area contributed by atoms with Crippen LogP contribution in [0.25, 0.3) is 0 Å². The van der Waals surface area contributed by atoms with Gasteiger partial charge >= 0.3 is 0 Å². The SMILES string of the molecule is O=C(CCCn1cncn1)N1CCN(c2ccc(Cl)c(Cl)c2)CC1. The summed E-state index contributed by atoms with van der Waals surface area (Å²) >= 11 is 12.0. The number of benzene rings is 1. The molecule has 1 fully saturated rings. The smallest absolute Gasteiger partial charge is 0.222 e. The Morgan fingerprint density at radius 3 is 2.58 bits per heavy atom. The Kier molecular flexibility index (Phi) is 5.58. The van der Waals surface area contributed by atoms with E-state index in [1.165, 1.54) is 6.33 Å². The second kappa shape index (κ2) is 7.85. The van der Waals surface area contributed by atoms with Crippen LogP contribution in [0.15, 0.2) is 30.9 Å². The molecule has 1 aromatic heterocycles. The van der Waals surface area contributed by atoms with Crippen LogP contribution in [-0.4, -0.2) is 51.8 Å². The zero-order valence-electron chi connectivity index (χ0n) is 13.2. The third-order valence-corrected chi connectivity index (χ3v) is 4.88. The van der Waals surface area contributed by atoms with Crippen molar-refractivity contribution in [3.8, 4) is 0 Å². The number of aromatic nitrogens is 3. The van der Waals surface area contributed by atoms with Crippen LogP contribution in [0.1, 0.15) is 12.8 Å². The standard InChI is InChI=1S/C16H19Cl2N5O/c17-14-4-3-13(10-15(14)18)21-6-8-22(9-7-21)16(24)2-1-5-23-12-19-11-20-23/h3-4,10-12H,1-2,5-9H2. The van der Waals surface area contributed by atoms with E-state index >= 15 is 0 Å². The molecule has 0 radical (unpaired) electrons. The van der Waals surface area contributed by atoms with Crippen LogP contribution < -0.4 is 4.90 Å². The van der Waals surface area contributed by atoms with Gasteiger partial charge in [0, 0.05) is 44.8 Å². The fourth-order valence-corrected chi connectivity index (χ4v) is 3.09. The minimum atomic E-state index is 0.198. The summed E-state index contributed by atoms with van der Waals surface area (Å²) in [5.41, 5.74) is 1.04. The normalized spacial score (nSPS) is 14.9. The highest BCUT2D eigenvalue weighted by Gasteiger charge is 2.21. The van der Waals surface area contributed by atoms with Gasteiger partial charge in [-0.3, -0.25) is 9.48 Å². The van der Waals surface area contributed by atoms with E-state index in [1.807, 2.05) is 17.0 Å². The largest absolute Gasteiger partial charge is 0.368 e. The average Bonchev–Trinajstić information content (AvgIpc) is 3.11. The molecular weight excluding hydrogens is 349 g/mol. The first-order valence-electron chi connectivity index (χ1n) is 7.93. The quantitative estimate of drug-likeness (QED) is 0.815. The van der Waals surface area contributed by atoms with Crippen LogP contribution >= 0.6 is 23.2 Å². The Bertz CT molecular complexity index is 684. The lowest BCUT2D eigenvalue weighted by Crippen LogP contribution is -2.48. The molecule has 128 valence electrons. The molecule has 0 unspecified atom stereocenters. The number of hydrogen-bond acceptors (Lipinski definition) is 4. The van der Waals surface area contributed by atoms with Gasteiger partial charge in [0.05, 0.1) is 10.0 Å². The highest BCUT2D eigenvalue weighted by molar-refractivity contribution is 6.42. The highest BCUT2D eigenvalue weighted by atomic mass is 35.5. The molecule has 2 aromatic rings. The third-order valence-electron chi connectivity index (χ3n) is 4.15. The van der Waals surface area contributed by atoms with Gasteiger partial charge in [0.25, 0.3) is 0 Å². The van der Waals surface area contributed by atoms with Crippen LogP contribution in [0.5, 0.6) is 0 Å². The minimum Gasteiger partial charge on any atom is -0.368 e. The van der Waals surface area contributed by atoms with E-state index in [4.69, 9.17) is 23.2 Å². The lowest BCUT2D eigenvalue weighted by atomic mass is 10.2. The highest BCUT2D eigenvalue weighted by Crippen LogP contribution is 2.27. The van der Waals surface area contributed by atoms with Crippen molar-refractivity contribution < 1.29 is 4.79 Å². The van der Waals surface area contributed by atoms with Crippen LogP contribution in [0.4, 0.5) is 5.69 Å².